The van der Waals surface area contributed by atoms with Crippen molar-refractivity contribution in [2.24, 2.45) is 11.8 Å². The molecule has 2 aromatic carbocycles. The third kappa shape index (κ3) is 7.13. The molecule has 1 N–H and O–H groups in total. The molecule has 2 aliphatic rings. The number of anilines is 1. The van der Waals surface area contributed by atoms with Crippen molar-refractivity contribution >= 4 is 27.8 Å². The van der Waals surface area contributed by atoms with E-state index in [1.807, 2.05) is 36.9 Å². The van der Waals surface area contributed by atoms with Gasteiger partial charge in [0, 0.05) is 43.2 Å². The molecule has 1 fully saturated rings. The molecule has 1 aliphatic carbocycles. The Morgan fingerprint density at radius 3 is 2.33 bits per heavy atom. The predicted molar refractivity (Wildman–Crippen MR) is 174 cm³/mol. The van der Waals surface area contributed by atoms with E-state index in [0.29, 0.717) is 37.8 Å². The first-order valence-electron chi connectivity index (χ1n) is 15.6. The summed E-state index contributed by atoms with van der Waals surface area (Å²) in [5.74, 6) is 0.128. The second-order valence-corrected chi connectivity index (χ2v) is 14.5. The largest absolute Gasteiger partial charge is 0.475 e. The van der Waals surface area contributed by atoms with Crippen molar-refractivity contribution in [3.8, 4) is 17.1 Å². The molecule has 4 bridgehead atoms. The fraction of sp³-hybridized carbons (Fsp3) is 0.471. The van der Waals surface area contributed by atoms with Gasteiger partial charge in [-0.05, 0) is 81.2 Å². The molecule has 0 radical (unpaired) electrons. The maximum absolute atomic E-state index is 14.4. The van der Waals surface area contributed by atoms with Gasteiger partial charge in [0.15, 0.2) is 0 Å². The normalized spacial score (nSPS) is 21.5. The van der Waals surface area contributed by atoms with Gasteiger partial charge < -0.3 is 14.5 Å². The molecule has 2 amide bonds. The zero-order chi connectivity index (χ0) is 32.5. The average Bonchev–Trinajstić information content (AvgIpc) is 2.99. The van der Waals surface area contributed by atoms with Crippen LogP contribution in [0, 0.1) is 25.7 Å². The molecule has 10 nitrogen and oxygen atoms in total. The number of hydrogen-bond acceptors (Lipinski definition) is 7. The van der Waals surface area contributed by atoms with E-state index >= 15 is 0 Å². The van der Waals surface area contributed by atoms with Crippen LogP contribution in [-0.4, -0.2) is 72.8 Å². The SMILES string of the molecule is Cc1cccc(C)c1-c1cc2nc(n1)NS(=O)(=O)c1cccc(c1)C(=O)N(C1CCC(C(=O)N(C)C)CC1)[C@H](CC(C)C)CO2. The number of fused-ring (bicyclic) bond motifs is 4. The van der Waals surface area contributed by atoms with Crippen LogP contribution in [-0.2, 0) is 14.8 Å². The number of aromatic nitrogens is 2. The van der Waals surface area contributed by atoms with Gasteiger partial charge in [-0.2, -0.15) is 4.98 Å². The maximum atomic E-state index is 14.4. The lowest BCUT2D eigenvalue weighted by Gasteiger charge is -2.42. The Balaban J connectivity index is 1.61. The van der Waals surface area contributed by atoms with Crippen molar-refractivity contribution in [3.63, 3.8) is 0 Å². The smallest absolute Gasteiger partial charge is 0.264 e. The molecule has 2 heterocycles. The Morgan fingerprint density at radius 2 is 1.69 bits per heavy atom. The van der Waals surface area contributed by atoms with Gasteiger partial charge in [0.05, 0.1) is 16.6 Å². The minimum absolute atomic E-state index is 0.0585. The van der Waals surface area contributed by atoms with E-state index in [2.05, 4.69) is 28.5 Å². The number of benzene rings is 2. The Bertz CT molecular complexity index is 1660. The number of nitrogens with zero attached hydrogens (tertiary/aromatic N) is 4. The van der Waals surface area contributed by atoms with E-state index < -0.39 is 10.0 Å². The summed E-state index contributed by atoms with van der Waals surface area (Å²) >= 11 is 0. The van der Waals surface area contributed by atoms with Crippen LogP contribution in [0.15, 0.2) is 53.4 Å². The molecule has 45 heavy (non-hydrogen) atoms. The van der Waals surface area contributed by atoms with Gasteiger partial charge in [-0.15, -0.1) is 0 Å². The zero-order valence-electron chi connectivity index (χ0n) is 26.9. The van der Waals surface area contributed by atoms with Crippen LogP contribution in [0.5, 0.6) is 5.88 Å². The van der Waals surface area contributed by atoms with Gasteiger partial charge in [-0.3, -0.25) is 9.59 Å². The minimum Gasteiger partial charge on any atom is -0.475 e. The van der Waals surface area contributed by atoms with Gasteiger partial charge in [-0.25, -0.2) is 18.1 Å². The number of sulfonamides is 1. The summed E-state index contributed by atoms with van der Waals surface area (Å²) < 4.78 is 36.1. The van der Waals surface area contributed by atoms with E-state index in [0.717, 1.165) is 16.7 Å². The fourth-order valence-electron chi connectivity index (χ4n) is 6.60. The van der Waals surface area contributed by atoms with Crippen molar-refractivity contribution in [1.82, 2.24) is 19.8 Å². The maximum Gasteiger partial charge on any atom is 0.264 e. The van der Waals surface area contributed by atoms with Crippen LogP contribution >= 0.6 is 0 Å². The van der Waals surface area contributed by atoms with Gasteiger partial charge in [-0.1, -0.05) is 38.1 Å². The topological polar surface area (TPSA) is 122 Å². The second kappa shape index (κ2) is 13.2. The van der Waals surface area contributed by atoms with Crippen LogP contribution in [0.1, 0.15) is 67.4 Å². The standard InChI is InChI=1S/C34H43N5O5S/c1-21(2)17-27-20-44-30-19-29(31-22(3)9-7-10-23(31)4)35-34(36-30)37-45(42,43)28-12-8-11-25(18-28)33(41)39(27)26-15-13-24(14-16-26)32(40)38(5)6/h7-12,18-19,21,24,26-27H,13-17,20H2,1-6H3,(H,35,36,37)/t24?,26?,27-/m1/s1. The average molecular weight is 634 g/mol. The molecule has 1 atom stereocenters. The molecule has 0 saturated heterocycles. The highest BCUT2D eigenvalue weighted by molar-refractivity contribution is 7.92. The van der Waals surface area contributed by atoms with Crippen LogP contribution in [0.2, 0.25) is 0 Å². The summed E-state index contributed by atoms with van der Waals surface area (Å²) in [6.45, 7) is 8.33. The van der Waals surface area contributed by atoms with Crippen molar-refractivity contribution in [3.05, 3.63) is 65.2 Å². The third-order valence-corrected chi connectivity index (χ3v) is 10.1. The van der Waals surface area contributed by atoms with Gasteiger partial charge >= 0.3 is 0 Å². The quantitative estimate of drug-likeness (QED) is 0.396. The summed E-state index contributed by atoms with van der Waals surface area (Å²) in [6.07, 6.45) is 3.35. The first-order valence-corrected chi connectivity index (χ1v) is 17.1. The van der Waals surface area contributed by atoms with Gasteiger partial charge in [0.25, 0.3) is 15.9 Å². The molecular weight excluding hydrogens is 590 g/mol. The number of nitrogens with one attached hydrogen (secondary N) is 1. The molecule has 1 aromatic heterocycles. The second-order valence-electron chi connectivity index (χ2n) is 12.9. The highest BCUT2D eigenvalue weighted by Gasteiger charge is 2.37. The number of amides is 2. The van der Waals surface area contributed by atoms with E-state index in [4.69, 9.17) is 4.74 Å². The van der Waals surface area contributed by atoms with Crippen molar-refractivity contribution in [2.75, 3.05) is 25.4 Å². The van der Waals surface area contributed by atoms with Crippen LogP contribution < -0.4 is 9.46 Å². The zero-order valence-corrected chi connectivity index (χ0v) is 27.7. The minimum atomic E-state index is -4.14. The number of aryl methyl sites for hydroxylation is 2. The van der Waals surface area contributed by atoms with Crippen LogP contribution in [0.3, 0.4) is 0 Å². The van der Waals surface area contributed by atoms with Crippen molar-refractivity contribution < 1.29 is 22.7 Å². The summed E-state index contributed by atoms with van der Waals surface area (Å²) in [5, 5.41) is 0. The lowest BCUT2D eigenvalue weighted by Crippen LogP contribution is -2.52. The first-order chi connectivity index (χ1) is 21.3. The number of carbonyl (C=O) groups excluding carboxylic acids is 2. The van der Waals surface area contributed by atoms with E-state index in [9.17, 15) is 18.0 Å². The summed E-state index contributed by atoms with van der Waals surface area (Å²) in [6, 6.07) is 13.3. The number of carbonyl (C=O) groups is 2. The first kappa shape index (κ1) is 32.4. The van der Waals surface area contributed by atoms with E-state index in [-0.39, 0.29) is 64.6 Å². The molecule has 0 unspecified atom stereocenters. The Hall–Kier alpha value is -3.99. The van der Waals surface area contributed by atoms with E-state index in [1.54, 1.807) is 37.2 Å². The van der Waals surface area contributed by atoms with Gasteiger partial charge in [0.2, 0.25) is 17.7 Å². The number of hydrogen-bond donors (Lipinski definition) is 1. The highest BCUT2D eigenvalue weighted by Crippen LogP contribution is 2.34. The molecule has 3 aromatic rings. The molecule has 5 rings (SSSR count). The molecule has 240 valence electrons. The monoisotopic (exact) mass is 633 g/mol. The molecule has 1 aliphatic heterocycles. The fourth-order valence-corrected chi connectivity index (χ4v) is 7.59. The van der Waals surface area contributed by atoms with Crippen LogP contribution in [0.25, 0.3) is 11.3 Å². The van der Waals surface area contributed by atoms with Crippen molar-refractivity contribution in [1.29, 1.82) is 0 Å². The Kier molecular flexibility index (Phi) is 9.48. The lowest BCUT2D eigenvalue weighted by molar-refractivity contribution is -0.134. The van der Waals surface area contributed by atoms with E-state index in [1.165, 1.54) is 12.1 Å². The summed E-state index contributed by atoms with van der Waals surface area (Å²) in [5.41, 5.74) is 3.65. The molecular formula is C34H43N5O5S. The lowest BCUT2D eigenvalue weighted by atomic mass is 9.83. The van der Waals surface area contributed by atoms with Crippen molar-refractivity contribution in [2.45, 2.75) is 76.8 Å². The molecule has 1 saturated carbocycles. The third-order valence-electron chi connectivity index (χ3n) is 8.73. The highest BCUT2D eigenvalue weighted by atomic mass is 32.2. The van der Waals surface area contributed by atoms with Gasteiger partial charge in [0.1, 0.15) is 6.61 Å². The summed E-state index contributed by atoms with van der Waals surface area (Å²) in [7, 11) is -0.603. The van der Waals surface area contributed by atoms with Crippen LogP contribution in [0.4, 0.5) is 5.95 Å². The number of ether oxygens (including phenoxy) is 1. The Morgan fingerprint density at radius 1 is 1.02 bits per heavy atom. The molecule has 11 heteroatoms. The number of rotatable bonds is 5. The Labute approximate surface area is 266 Å². The summed E-state index contributed by atoms with van der Waals surface area (Å²) in [4.78, 5) is 39.6. The molecule has 0 spiro atoms. The predicted octanol–water partition coefficient (Wildman–Crippen LogP) is 5.46.